The Balaban J connectivity index is 2.27. The second kappa shape index (κ2) is 4.75. The van der Waals surface area contributed by atoms with Gasteiger partial charge in [-0.25, -0.2) is 4.98 Å². The molecule has 0 fully saturated rings. The number of fused-ring (bicyclic) bond motifs is 2. The quantitative estimate of drug-likeness (QED) is 0.833. The van der Waals surface area contributed by atoms with E-state index >= 15 is 0 Å². The summed E-state index contributed by atoms with van der Waals surface area (Å²) >= 11 is 6.46. The van der Waals surface area contributed by atoms with Crippen LogP contribution in [-0.2, 0) is 17.8 Å². The maximum atomic E-state index is 6.46. The molecule has 2 heterocycles. The van der Waals surface area contributed by atoms with E-state index in [1.807, 2.05) is 25.1 Å². The van der Waals surface area contributed by atoms with E-state index in [1.165, 1.54) is 0 Å². The number of hydrogen-bond acceptors (Lipinski definition) is 3. The summed E-state index contributed by atoms with van der Waals surface area (Å²) in [6, 6.07) is 5.85. The molecule has 3 nitrogen and oxygen atoms in total. The molecule has 18 heavy (non-hydrogen) atoms. The van der Waals surface area contributed by atoms with Gasteiger partial charge < -0.3 is 9.47 Å². The molecule has 4 heteroatoms. The minimum atomic E-state index is 0.552. The summed E-state index contributed by atoms with van der Waals surface area (Å²) in [7, 11) is 0. The average molecular weight is 264 g/mol. The number of benzene rings is 1. The van der Waals surface area contributed by atoms with Gasteiger partial charge in [-0.15, -0.1) is 0 Å². The molecule has 1 aromatic heterocycles. The predicted octanol–water partition coefficient (Wildman–Crippen LogP) is 3.36. The summed E-state index contributed by atoms with van der Waals surface area (Å²) in [5.41, 5.74) is 2.90. The molecule has 1 aliphatic rings. The van der Waals surface area contributed by atoms with E-state index in [0.29, 0.717) is 19.8 Å². The molecule has 0 spiro atoms. The minimum absolute atomic E-state index is 0.552. The molecule has 0 saturated heterocycles. The highest BCUT2D eigenvalue weighted by atomic mass is 35.5. The van der Waals surface area contributed by atoms with Gasteiger partial charge in [0.2, 0.25) is 0 Å². The van der Waals surface area contributed by atoms with Crippen LogP contribution in [0.4, 0.5) is 0 Å². The van der Waals surface area contributed by atoms with Crippen LogP contribution in [0.3, 0.4) is 0 Å². The summed E-state index contributed by atoms with van der Waals surface area (Å²) in [4.78, 5) is 4.71. The summed E-state index contributed by atoms with van der Waals surface area (Å²) in [6.45, 7) is 3.85. The zero-order valence-corrected chi connectivity index (χ0v) is 11.0. The van der Waals surface area contributed by atoms with Gasteiger partial charge in [-0.1, -0.05) is 23.7 Å². The first-order valence-corrected chi connectivity index (χ1v) is 6.49. The Morgan fingerprint density at radius 1 is 1.44 bits per heavy atom. The topological polar surface area (TPSA) is 31.4 Å². The normalized spacial score (nSPS) is 14.6. The first kappa shape index (κ1) is 11.8. The molecule has 0 N–H and O–H groups in total. The molecule has 2 aromatic rings. The van der Waals surface area contributed by atoms with E-state index in [1.54, 1.807) is 0 Å². The number of rotatable bonds is 2. The fourth-order valence-electron chi connectivity index (χ4n) is 2.27. The van der Waals surface area contributed by atoms with E-state index in [2.05, 4.69) is 0 Å². The lowest BCUT2D eigenvalue weighted by Crippen LogP contribution is -2.12. The molecule has 94 valence electrons. The number of pyridine rings is 1. The first-order valence-electron chi connectivity index (χ1n) is 6.11. The Morgan fingerprint density at radius 3 is 3.17 bits per heavy atom. The summed E-state index contributed by atoms with van der Waals surface area (Å²) in [6.07, 6.45) is 0.811. The SMILES string of the molecule is CCOc1cccc2c(Cl)c3c(nc12)CCOC3. The van der Waals surface area contributed by atoms with Gasteiger partial charge in [-0.2, -0.15) is 0 Å². The predicted molar refractivity (Wildman–Crippen MR) is 71.3 cm³/mol. The van der Waals surface area contributed by atoms with E-state index in [0.717, 1.165) is 39.4 Å². The standard InChI is InChI=1S/C14H14ClNO2/c1-2-18-12-5-3-4-9-13(15)10-8-17-7-6-11(10)16-14(9)12/h3-5H,2,6-8H2,1H3. The van der Waals surface area contributed by atoms with Crippen molar-refractivity contribution in [1.82, 2.24) is 4.98 Å². The molecular weight excluding hydrogens is 250 g/mol. The monoisotopic (exact) mass is 263 g/mol. The Hall–Kier alpha value is -1.32. The van der Waals surface area contributed by atoms with Gasteiger partial charge in [0.1, 0.15) is 11.3 Å². The van der Waals surface area contributed by atoms with E-state index in [-0.39, 0.29) is 0 Å². The molecule has 1 aromatic carbocycles. The van der Waals surface area contributed by atoms with Gasteiger partial charge in [0.25, 0.3) is 0 Å². The number of para-hydroxylation sites is 1. The molecule has 0 bridgehead atoms. The molecular formula is C14H14ClNO2. The van der Waals surface area contributed by atoms with Gasteiger partial charge >= 0.3 is 0 Å². The number of halogens is 1. The van der Waals surface area contributed by atoms with Crippen molar-refractivity contribution < 1.29 is 9.47 Å². The lowest BCUT2D eigenvalue weighted by atomic mass is 10.1. The van der Waals surface area contributed by atoms with Crippen molar-refractivity contribution in [2.24, 2.45) is 0 Å². The molecule has 0 atom stereocenters. The van der Waals surface area contributed by atoms with Crippen LogP contribution in [0.15, 0.2) is 18.2 Å². The number of ether oxygens (including phenoxy) is 2. The maximum Gasteiger partial charge on any atom is 0.145 e. The van der Waals surface area contributed by atoms with Crippen molar-refractivity contribution in [2.75, 3.05) is 13.2 Å². The van der Waals surface area contributed by atoms with Crippen LogP contribution in [0.25, 0.3) is 10.9 Å². The molecule has 0 aliphatic carbocycles. The number of aromatic nitrogens is 1. The molecule has 3 rings (SSSR count). The zero-order valence-electron chi connectivity index (χ0n) is 10.2. The highest BCUT2D eigenvalue weighted by molar-refractivity contribution is 6.36. The van der Waals surface area contributed by atoms with Gasteiger partial charge in [0, 0.05) is 17.4 Å². The minimum Gasteiger partial charge on any atom is -0.492 e. The molecule has 0 unspecified atom stereocenters. The Bertz CT molecular complexity index is 598. The van der Waals surface area contributed by atoms with Crippen LogP contribution in [0, 0.1) is 0 Å². The Morgan fingerprint density at radius 2 is 2.33 bits per heavy atom. The van der Waals surface area contributed by atoms with Crippen molar-refractivity contribution in [2.45, 2.75) is 20.0 Å². The van der Waals surface area contributed by atoms with Crippen LogP contribution < -0.4 is 4.74 Å². The lowest BCUT2D eigenvalue weighted by Gasteiger charge is -2.19. The Kier molecular flexibility index (Phi) is 3.10. The van der Waals surface area contributed by atoms with Crippen LogP contribution >= 0.6 is 11.6 Å². The largest absolute Gasteiger partial charge is 0.492 e. The lowest BCUT2D eigenvalue weighted by molar-refractivity contribution is 0.109. The second-order valence-electron chi connectivity index (χ2n) is 4.24. The molecule has 1 aliphatic heterocycles. The van der Waals surface area contributed by atoms with Crippen molar-refractivity contribution in [1.29, 1.82) is 0 Å². The van der Waals surface area contributed by atoms with E-state index < -0.39 is 0 Å². The van der Waals surface area contributed by atoms with Crippen LogP contribution in [-0.4, -0.2) is 18.2 Å². The van der Waals surface area contributed by atoms with Gasteiger partial charge in [0.05, 0.1) is 30.5 Å². The highest BCUT2D eigenvalue weighted by Gasteiger charge is 2.18. The third-order valence-electron chi connectivity index (χ3n) is 3.12. The van der Waals surface area contributed by atoms with Crippen LogP contribution in [0.1, 0.15) is 18.2 Å². The highest BCUT2D eigenvalue weighted by Crippen LogP contribution is 2.34. The summed E-state index contributed by atoms with van der Waals surface area (Å²) < 4.78 is 11.1. The number of hydrogen-bond donors (Lipinski definition) is 0. The average Bonchev–Trinajstić information content (AvgIpc) is 2.40. The fourth-order valence-corrected chi connectivity index (χ4v) is 2.59. The molecule has 0 saturated carbocycles. The van der Waals surface area contributed by atoms with Gasteiger partial charge in [-0.3, -0.25) is 0 Å². The van der Waals surface area contributed by atoms with Gasteiger partial charge in [-0.05, 0) is 13.0 Å². The molecule has 0 amide bonds. The smallest absolute Gasteiger partial charge is 0.145 e. The third-order valence-corrected chi connectivity index (χ3v) is 3.56. The van der Waals surface area contributed by atoms with Crippen molar-refractivity contribution in [3.63, 3.8) is 0 Å². The number of nitrogens with zero attached hydrogens (tertiary/aromatic N) is 1. The second-order valence-corrected chi connectivity index (χ2v) is 4.62. The fraction of sp³-hybridized carbons (Fsp3) is 0.357. The van der Waals surface area contributed by atoms with E-state index in [4.69, 9.17) is 26.1 Å². The summed E-state index contributed by atoms with van der Waals surface area (Å²) in [5, 5.41) is 1.68. The van der Waals surface area contributed by atoms with Crippen LogP contribution in [0.2, 0.25) is 5.02 Å². The van der Waals surface area contributed by atoms with Crippen molar-refractivity contribution in [3.8, 4) is 5.75 Å². The van der Waals surface area contributed by atoms with Crippen molar-refractivity contribution >= 4 is 22.5 Å². The Labute approximate surface area is 111 Å². The maximum absolute atomic E-state index is 6.46. The zero-order chi connectivity index (χ0) is 12.5. The first-order chi connectivity index (χ1) is 8.81. The molecule has 0 radical (unpaired) electrons. The third kappa shape index (κ3) is 1.84. The van der Waals surface area contributed by atoms with E-state index in [9.17, 15) is 0 Å². The van der Waals surface area contributed by atoms with Crippen LogP contribution in [0.5, 0.6) is 5.75 Å². The summed E-state index contributed by atoms with van der Waals surface area (Å²) in [5.74, 6) is 0.797. The van der Waals surface area contributed by atoms with Gasteiger partial charge in [0.15, 0.2) is 0 Å². The van der Waals surface area contributed by atoms with Crippen molar-refractivity contribution in [3.05, 3.63) is 34.5 Å².